The van der Waals surface area contributed by atoms with Crippen LogP contribution in [0.2, 0.25) is 0 Å². The lowest BCUT2D eigenvalue weighted by atomic mass is 9.68. The van der Waals surface area contributed by atoms with E-state index in [1.54, 1.807) is 0 Å². The summed E-state index contributed by atoms with van der Waals surface area (Å²) < 4.78 is 11.4. The van der Waals surface area contributed by atoms with Gasteiger partial charge in [-0.05, 0) is 40.1 Å². The van der Waals surface area contributed by atoms with E-state index in [2.05, 4.69) is 52.6 Å². The summed E-state index contributed by atoms with van der Waals surface area (Å²) in [4.78, 5) is 11.0. The zero-order valence-electron chi connectivity index (χ0n) is 11.7. The maximum Gasteiger partial charge on any atom is 0.332 e. The minimum absolute atomic E-state index is 0.00516. The predicted octanol–water partition coefficient (Wildman–Crippen LogP) is 3.42. The lowest BCUT2D eigenvalue weighted by molar-refractivity contribution is -0.268. The van der Waals surface area contributed by atoms with Crippen LogP contribution >= 0.6 is 31.9 Å². The molecule has 2 bridgehead atoms. The minimum Gasteiger partial charge on any atom is -0.431 e. The van der Waals surface area contributed by atoms with Crippen molar-refractivity contribution in [1.29, 1.82) is 0 Å². The van der Waals surface area contributed by atoms with E-state index in [1.165, 1.54) is 0 Å². The highest BCUT2D eigenvalue weighted by molar-refractivity contribution is 9.14. The molecule has 1 aliphatic heterocycles. The first-order valence-electron chi connectivity index (χ1n) is 6.79. The van der Waals surface area contributed by atoms with Crippen LogP contribution in [-0.2, 0) is 14.3 Å². The maximum atomic E-state index is 11.5. The van der Waals surface area contributed by atoms with Crippen LogP contribution in [0.5, 0.6) is 0 Å². The molecule has 0 saturated heterocycles. The van der Waals surface area contributed by atoms with Gasteiger partial charge in [0.25, 0.3) is 0 Å². The van der Waals surface area contributed by atoms with Crippen molar-refractivity contribution in [1.82, 2.24) is 0 Å². The van der Waals surface area contributed by atoms with Crippen molar-refractivity contribution in [3.05, 3.63) is 10.4 Å². The first kappa shape index (κ1) is 14.9. The van der Waals surface area contributed by atoms with Crippen molar-refractivity contribution in [2.24, 2.45) is 16.7 Å². The molecular formula is C14H18Br2O4. The molecule has 0 radical (unpaired) electrons. The van der Waals surface area contributed by atoms with Gasteiger partial charge >= 0.3 is 11.9 Å². The minimum atomic E-state index is -1.29. The Morgan fingerprint density at radius 2 is 2.05 bits per heavy atom. The number of hydrogen-bond donors (Lipinski definition) is 1. The Morgan fingerprint density at radius 3 is 2.45 bits per heavy atom. The topological polar surface area (TPSA) is 55.8 Å². The second-order valence-electron chi connectivity index (χ2n) is 6.80. The molecule has 0 aromatic carbocycles. The van der Waals surface area contributed by atoms with Crippen LogP contribution in [0.1, 0.15) is 40.0 Å². The molecule has 1 heterocycles. The van der Waals surface area contributed by atoms with E-state index >= 15 is 0 Å². The molecule has 0 spiro atoms. The van der Waals surface area contributed by atoms with Gasteiger partial charge in [-0.25, -0.2) is 4.79 Å². The molecule has 0 amide bonds. The standard InChI is InChI=1S/C14H18Br2O4/c1-12(2)7-4-5-13(12,3)14(18,6-7)20-11-9(16)8(15)10(17)19-11/h7-8,18H,4-6H2,1-3H3. The van der Waals surface area contributed by atoms with E-state index in [0.717, 1.165) is 12.8 Å². The molecule has 0 aromatic heterocycles. The van der Waals surface area contributed by atoms with Gasteiger partial charge in [-0.1, -0.05) is 36.7 Å². The number of carbonyl (C=O) groups is 1. The largest absolute Gasteiger partial charge is 0.431 e. The number of fused-ring (bicyclic) bond motifs is 2. The third-order valence-corrected chi connectivity index (χ3v) is 8.13. The number of carbonyl (C=O) groups excluding carboxylic acids is 1. The molecule has 112 valence electrons. The molecule has 4 unspecified atom stereocenters. The lowest BCUT2D eigenvalue weighted by Crippen LogP contribution is -2.49. The lowest BCUT2D eigenvalue weighted by Gasteiger charge is -2.44. The first-order valence-corrected chi connectivity index (χ1v) is 8.50. The molecule has 0 aromatic rings. The molecule has 3 aliphatic rings. The number of alkyl halides is 1. The van der Waals surface area contributed by atoms with Gasteiger partial charge in [-0.15, -0.1) is 0 Å². The number of ether oxygens (including phenoxy) is 2. The van der Waals surface area contributed by atoms with Crippen molar-refractivity contribution in [3.63, 3.8) is 0 Å². The molecule has 6 heteroatoms. The van der Waals surface area contributed by atoms with E-state index in [-0.39, 0.29) is 16.8 Å². The Balaban J connectivity index is 1.91. The number of aliphatic hydroxyl groups is 1. The third-order valence-electron chi connectivity index (χ3n) is 5.90. The van der Waals surface area contributed by atoms with E-state index in [1.807, 2.05) is 0 Å². The second-order valence-corrected chi connectivity index (χ2v) is 8.57. The Bertz CT molecular complexity index is 515. The average molecular weight is 410 g/mol. The van der Waals surface area contributed by atoms with Crippen LogP contribution in [0.15, 0.2) is 10.4 Å². The van der Waals surface area contributed by atoms with Gasteiger partial charge in [-0.3, -0.25) is 0 Å². The highest BCUT2D eigenvalue weighted by Crippen LogP contribution is 2.70. The predicted molar refractivity (Wildman–Crippen MR) is 80.0 cm³/mol. The van der Waals surface area contributed by atoms with E-state index in [4.69, 9.17) is 9.47 Å². The van der Waals surface area contributed by atoms with Crippen molar-refractivity contribution in [2.75, 3.05) is 0 Å². The van der Waals surface area contributed by atoms with Crippen LogP contribution in [-0.4, -0.2) is 21.7 Å². The van der Waals surface area contributed by atoms with E-state index in [0.29, 0.717) is 16.8 Å². The number of halogens is 2. The summed E-state index contributed by atoms with van der Waals surface area (Å²) in [5.41, 5.74) is -0.340. The fraction of sp³-hybridized carbons (Fsp3) is 0.786. The smallest absolute Gasteiger partial charge is 0.332 e. The fourth-order valence-electron chi connectivity index (χ4n) is 3.99. The molecule has 2 fully saturated rings. The van der Waals surface area contributed by atoms with Gasteiger partial charge in [0.1, 0.15) is 4.48 Å². The zero-order chi connectivity index (χ0) is 14.9. The molecule has 4 nitrogen and oxygen atoms in total. The maximum absolute atomic E-state index is 11.5. The van der Waals surface area contributed by atoms with Crippen LogP contribution in [0.4, 0.5) is 0 Å². The quantitative estimate of drug-likeness (QED) is 0.431. The molecule has 20 heavy (non-hydrogen) atoms. The van der Waals surface area contributed by atoms with Crippen molar-refractivity contribution < 1.29 is 19.4 Å². The second kappa shape index (κ2) is 4.23. The summed E-state index contributed by atoms with van der Waals surface area (Å²) in [5.74, 6) is -1.20. The number of esters is 1. The number of hydrogen-bond acceptors (Lipinski definition) is 4. The van der Waals surface area contributed by atoms with Crippen molar-refractivity contribution >= 4 is 37.8 Å². The van der Waals surface area contributed by atoms with Gasteiger partial charge in [0.15, 0.2) is 4.83 Å². The zero-order valence-corrected chi connectivity index (χ0v) is 14.9. The molecule has 1 N–H and O–H groups in total. The molecule has 3 rings (SSSR count). The Morgan fingerprint density at radius 1 is 1.40 bits per heavy atom. The Labute approximate surface area is 135 Å². The van der Waals surface area contributed by atoms with Gasteiger partial charge in [0, 0.05) is 11.8 Å². The normalized spacial score (nSPS) is 46.0. The van der Waals surface area contributed by atoms with Gasteiger partial charge in [-0.2, -0.15) is 0 Å². The van der Waals surface area contributed by atoms with E-state index < -0.39 is 16.6 Å². The average Bonchev–Trinajstić information content (AvgIpc) is 2.78. The van der Waals surface area contributed by atoms with Crippen molar-refractivity contribution in [3.8, 4) is 0 Å². The summed E-state index contributed by atoms with van der Waals surface area (Å²) in [5, 5.41) is 11.0. The molecular weight excluding hydrogens is 392 g/mol. The van der Waals surface area contributed by atoms with Crippen LogP contribution in [0, 0.1) is 16.7 Å². The van der Waals surface area contributed by atoms with Gasteiger partial charge in [0.05, 0.1) is 0 Å². The van der Waals surface area contributed by atoms with Crippen LogP contribution < -0.4 is 0 Å². The Kier molecular flexibility index (Phi) is 3.14. The fourth-order valence-corrected chi connectivity index (χ4v) is 4.62. The summed E-state index contributed by atoms with van der Waals surface area (Å²) in [7, 11) is 0. The highest BCUT2D eigenvalue weighted by atomic mass is 79.9. The number of rotatable bonds is 2. The van der Waals surface area contributed by atoms with Gasteiger partial charge in [0.2, 0.25) is 5.79 Å². The highest BCUT2D eigenvalue weighted by Gasteiger charge is 2.71. The SMILES string of the molecule is CC1(C)C2CCC1(C)C(O)(OC1=C(Br)C(Br)C(=O)O1)C2. The monoisotopic (exact) mass is 408 g/mol. The molecule has 4 atom stereocenters. The first-order chi connectivity index (χ1) is 9.12. The third kappa shape index (κ3) is 1.64. The Hall–Kier alpha value is -0.0700. The van der Waals surface area contributed by atoms with E-state index in [9.17, 15) is 9.90 Å². The summed E-state index contributed by atoms with van der Waals surface area (Å²) in [6.45, 7) is 6.43. The molecule has 2 saturated carbocycles. The van der Waals surface area contributed by atoms with Crippen LogP contribution in [0.25, 0.3) is 0 Å². The molecule has 2 aliphatic carbocycles. The summed E-state index contributed by atoms with van der Waals surface area (Å²) >= 11 is 6.50. The summed E-state index contributed by atoms with van der Waals surface area (Å²) in [6, 6.07) is 0. The van der Waals surface area contributed by atoms with Crippen LogP contribution in [0.3, 0.4) is 0 Å². The van der Waals surface area contributed by atoms with Gasteiger partial charge < -0.3 is 14.6 Å². The van der Waals surface area contributed by atoms with Crippen molar-refractivity contribution in [2.45, 2.75) is 50.6 Å². The summed E-state index contributed by atoms with van der Waals surface area (Å²) in [6.07, 6.45) is 2.60. The number of cyclic esters (lactones) is 1.